The van der Waals surface area contributed by atoms with Crippen molar-refractivity contribution in [1.82, 2.24) is 0 Å². The summed E-state index contributed by atoms with van der Waals surface area (Å²) >= 11 is -4.75. The van der Waals surface area contributed by atoms with E-state index in [0.29, 0.717) is 10.8 Å². The van der Waals surface area contributed by atoms with Gasteiger partial charge >= 0.3 is 0 Å². The molecule has 0 N–H and O–H groups in total. The molecule has 4 nitrogen and oxygen atoms in total. The molecule has 6 heteroatoms. The second-order valence-corrected chi connectivity index (χ2v) is 4.90. The number of benzene rings is 2. The number of hydrogen-bond acceptors (Lipinski definition) is 4. The van der Waals surface area contributed by atoms with Crippen molar-refractivity contribution in [2.45, 2.75) is 9.79 Å². The molecule has 0 radical (unpaired) electrons. The van der Waals surface area contributed by atoms with Gasteiger partial charge in [-0.25, -0.2) is 0 Å². The maximum Gasteiger partial charge on any atom is 0.0327 e. The van der Waals surface area contributed by atoms with Gasteiger partial charge in [-0.3, -0.25) is 8.42 Å². The fourth-order valence-corrected chi connectivity index (χ4v) is 2.64. The summed E-state index contributed by atoms with van der Waals surface area (Å²) in [6.07, 6.45) is 0. The van der Waals surface area contributed by atoms with E-state index >= 15 is 0 Å². The van der Waals surface area contributed by atoms with Gasteiger partial charge in [0.25, 0.3) is 0 Å². The molecule has 0 saturated heterocycles. The molecule has 2 unspecified atom stereocenters. The monoisotopic (exact) mass is 254 g/mol. The van der Waals surface area contributed by atoms with Crippen molar-refractivity contribution in [3.8, 4) is 0 Å². The molecule has 0 aliphatic rings. The highest BCUT2D eigenvalue weighted by Gasteiger charge is 2.05. The second kappa shape index (κ2) is 4.42. The summed E-state index contributed by atoms with van der Waals surface area (Å²) in [5.74, 6) is 0. The number of fused-ring (bicyclic) bond motifs is 1. The van der Waals surface area contributed by atoms with Crippen LogP contribution < -0.4 is 0 Å². The zero-order valence-corrected chi connectivity index (χ0v) is 9.55. The van der Waals surface area contributed by atoms with E-state index in [0.717, 1.165) is 0 Å². The highest BCUT2D eigenvalue weighted by molar-refractivity contribution is 7.79. The third-order valence-electron chi connectivity index (χ3n) is 2.20. The van der Waals surface area contributed by atoms with Crippen LogP contribution in [0.25, 0.3) is 10.8 Å². The van der Waals surface area contributed by atoms with Crippen molar-refractivity contribution in [2.75, 3.05) is 0 Å². The average Bonchev–Trinajstić information content (AvgIpc) is 2.27. The Bertz CT molecular complexity index is 541. The first kappa shape index (κ1) is 11.4. The summed E-state index contributed by atoms with van der Waals surface area (Å²) in [5, 5.41) is 0.829. The van der Waals surface area contributed by atoms with Gasteiger partial charge in [0.1, 0.15) is 0 Å². The molecule has 0 spiro atoms. The number of hydrogen-bond donors (Lipinski definition) is 0. The van der Waals surface area contributed by atoms with Crippen molar-refractivity contribution in [2.24, 2.45) is 0 Å². The van der Waals surface area contributed by atoms with Gasteiger partial charge in [-0.1, -0.05) is 24.3 Å². The van der Waals surface area contributed by atoms with Crippen molar-refractivity contribution in [3.05, 3.63) is 36.4 Å². The van der Waals surface area contributed by atoms with Crippen LogP contribution in [0.2, 0.25) is 0 Å². The van der Waals surface area contributed by atoms with Gasteiger partial charge in [0, 0.05) is 9.79 Å². The maximum absolute atomic E-state index is 10.9. The van der Waals surface area contributed by atoms with Gasteiger partial charge in [-0.15, -0.1) is 0 Å². The lowest BCUT2D eigenvalue weighted by Crippen LogP contribution is -1.94. The first-order valence-corrected chi connectivity index (χ1v) is 6.46. The van der Waals surface area contributed by atoms with Gasteiger partial charge in [-0.2, -0.15) is 0 Å². The lowest BCUT2D eigenvalue weighted by atomic mass is 10.1. The predicted octanol–water partition coefficient (Wildman–Crippen LogP) is 1.32. The van der Waals surface area contributed by atoms with Crippen LogP contribution in [0.3, 0.4) is 0 Å². The molecule has 84 valence electrons. The number of rotatable bonds is 2. The molecular weight excluding hydrogens is 248 g/mol. The summed E-state index contributed by atoms with van der Waals surface area (Å²) in [4.78, 5) is 0.203. The molecule has 0 amide bonds. The third kappa shape index (κ3) is 1.92. The van der Waals surface area contributed by atoms with E-state index in [-0.39, 0.29) is 9.79 Å². The smallest absolute Gasteiger partial charge is 0.0327 e. The van der Waals surface area contributed by atoms with Crippen LogP contribution in [0.5, 0.6) is 0 Å². The molecule has 0 bridgehead atoms. The zero-order chi connectivity index (χ0) is 11.7. The molecule has 0 aromatic heterocycles. The fraction of sp³-hybridized carbons (Fsp3) is 0. The van der Waals surface area contributed by atoms with E-state index < -0.39 is 22.2 Å². The van der Waals surface area contributed by atoms with Gasteiger partial charge in [0.05, 0.1) is 0 Å². The van der Waals surface area contributed by atoms with Crippen molar-refractivity contribution in [3.63, 3.8) is 0 Å². The summed E-state index contributed by atoms with van der Waals surface area (Å²) in [6.45, 7) is 0. The summed E-state index contributed by atoms with van der Waals surface area (Å²) < 4.78 is 43.8. The molecule has 0 saturated carbocycles. The van der Waals surface area contributed by atoms with Crippen LogP contribution in [0, 0.1) is 0 Å². The average molecular weight is 254 g/mol. The highest BCUT2D eigenvalue weighted by atomic mass is 32.2. The van der Waals surface area contributed by atoms with E-state index in [1.807, 2.05) is 0 Å². The summed E-state index contributed by atoms with van der Waals surface area (Å²) in [7, 11) is 0. The zero-order valence-electron chi connectivity index (χ0n) is 7.91. The minimum atomic E-state index is -2.38. The van der Waals surface area contributed by atoms with Crippen LogP contribution in [0.4, 0.5) is 0 Å². The molecule has 0 heterocycles. The molecular formula is C10H6O4S2-2. The Morgan fingerprint density at radius 2 is 1.12 bits per heavy atom. The quantitative estimate of drug-likeness (QED) is 0.757. The summed E-state index contributed by atoms with van der Waals surface area (Å²) in [6, 6.07) is 9.06. The van der Waals surface area contributed by atoms with Crippen molar-refractivity contribution < 1.29 is 17.5 Å². The summed E-state index contributed by atoms with van der Waals surface area (Å²) in [5.41, 5.74) is 0. The second-order valence-electron chi connectivity index (χ2n) is 3.08. The Kier molecular flexibility index (Phi) is 3.15. The molecule has 2 rings (SSSR count). The van der Waals surface area contributed by atoms with Crippen LogP contribution in [0.1, 0.15) is 0 Å². The minimum Gasteiger partial charge on any atom is -0.768 e. The minimum absolute atomic E-state index is 0.102. The van der Waals surface area contributed by atoms with Crippen LogP contribution >= 0.6 is 0 Å². The molecule has 2 aromatic rings. The Labute approximate surface area is 96.9 Å². The largest absolute Gasteiger partial charge is 0.768 e. The van der Waals surface area contributed by atoms with Gasteiger partial charge in [0.2, 0.25) is 0 Å². The first-order chi connectivity index (χ1) is 7.61. The molecule has 0 aliphatic heterocycles. The predicted molar refractivity (Wildman–Crippen MR) is 58.3 cm³/mol. The standard InChI is InChI=1S/C10H8O4S2/c11-15(12)9-5-1-3-7-8(9)4-2-6-10(7)16(13)14/h1-6H,(H,11,12)(H,13,14)/p-2. The fourth-order valence-electron chi connectivity index (χ4n) is 1.54. The Hall–Kier alpha value is -1.08. The maximum atomic E-state index is 10.9. The van der Waals surface area contributed by atoms with E-state index in [1.54, 1.807) is 12.1 Å². The van der Waals surface area contributed by atoms with Crippen molar-refractivity contribution >= 4 is 32.9 Å². The molecule has 0 fully saturated rings. The normalized spacial score (nSPS) is 14.9. The molecule has 2 aromatic carbocycles. The van der Waals surface area contributed by atoms with Gasteiger partial charge in [-0.05, 0) is 45.1 Å². The van der Waals surface area contributed by atoms with Crippen molar-refractivity contribution in [1.29, 1.82) is 0 Å². The van der Waals surface area contributed by atoms with E-state index in [1.165, 1.54) is 24.3 Å². The van der Waals surface area contributed by atoms with E-state index in [9.17, 15) is 17.5 Å². The lowest BCUT2D eigenvalue weighted by molar-refractivity contribution is 0.535. The van der Waals surface area contributed by atoms with Crippen LogP contribution in [-0.4, -0.2) is 17.5 Å². The molecule has 2 atom stereocenters. The topological polar surface area (TPSA) is 80.3 Å². The Morgan fingerprint density at radius 1 is 0.750 bits per heavy atom. The van der Waals surface area contributed by atoms with E-state index in [4.69, 9.17) is 0 Å². The van der Waals surface area contributed by atoms with Gasteiger partial charge < -0.3 is 9.11 Å². The molecule has 0 aliphatic carbocycles. The highest BCUT2D eigenvalue weighted by Crippen LogP contribution is 2.25. The lowest BCUT2D eigenvalue weighted by Gasteiger charge is -2.13. The Balaban J connectivity index is 2.86. The van der Waals surface area contributed by atoms with Crippen LogP contribution in [0.15, 0.2) is 46.2 Å². The van der Waals surface area contributed by atoms with Gasteiger partial charge in [0.15, 0.2) is 0 Å². The first-order valence-electron chi connectivity index (χ1n) is 4.31. The van der Waals surface area contributed by atoms with Crippen LogP contribution in [-0.2, 0) is 22.2 Å². The molecule has 16 heavy (non-hydrogen) atoms. The third-order valence-corrected chi connectivity index (χ3v) is 3.63. The SMILES string of the molecule is O=S([O-])c1cccc2c(S(=O)[O-])cccc12. The Morgan fingerprint density at radius 3 is 1.44 bits per heavy atom. The van der Waals surface area contributed by atoms with E-state index in [2.05, 4.69) is 0 Å².